The standard InChI is InChI=1S/C14H13/c1-11-8-12(2)10-14(9-11)13-6-4-3-5-7-13/h3-9H,1-2H3. The van der Waals surface area contributed by atoms with Gasteiger partial charge in [-0.05, 0) is 36.6 Å². The molecule has 0 amide bonds. The zero-order valence-corrected chi connectivity index (χ0v) is 8.54. The third kappa shape index (κ3) is 1.85. The molecular formula is C14H13. The minimum absolute atomic E-state index is 1.18. The number of aryl methyl sites for hydroxylation is 2. The van der Waals surface area contributed by atoms with Crippen molar-refractivity contribution < 1.29 is 0 Å². The molecule has 0 heterocycles. The van der Waals surface area contributed by atoms with E-state index in [0.29, 0.717) is 0 Å². The molecule has 0 atom stereocenters. The van der Waals surface area contributed by atoms with Crippen LogP contribution in [0.2, 0.25) is 0 Å². The van der Waals surface area contributed by atoms with E-state index in [9.17, 15) is 0 Å². The lowest BCUT2D eigenvalue weighted by Crippen LogP contribution is -1.82. The second-order valence-electron chi connectivity index (χ2n) is 3.62. The van der Waals surface area contributed by atoms with Gasteiger partial charge in [-0.2, -0.15) is 0 Å². The van der Waals surface area contributed by atoms with E-state index in [-0.39, 0.29) is 0 Å². The van der Waals surface area contributed by atoms with Gasteiger partial charge in [-0.25, -0.2) is 0 Å². The lowest BCUT2D eigenvalue weighted by molar-refractivity contribution is 1.37. The highest BCUT2D eigenvalue weighted by Gasteiger charge is 1.98. The molecule has 0 aliphatic rings. The minimum atomic E-state index is 1.18. The molecule has 0 bridgehead atoms. The van der Waals surface area contributed by atoms with Gasteiger partial charge < -0.3 is 0 Å². The van der Waals surface area contributed by atoms with Crippen molar-refractivity contribution in [2.45, 2.75) is 13.8 Å². The van der Waals surface area contributed by atoms with Crippen molar-refractivity contribution >= 4 is 0 Å². The van der Waals surface area contributed by atoms with Crippen LogP contribution in [0.5, 0.6) is 0 Å². The molecule has 0 heteroatoms. The van der Waals surface area contributed by atoms with E-state index in [2.05, 4.69) is 56.3 Å². The van der Waals surface area contributed by atoms with Crippen molar-refractivity contribution in [3.8, 4) is 11.1 Å². The second kappa shape index (κ2) is 3.67. The van der Waals surface area contributed by atoms with Crippen LogP contribution in [0.3, 0.4) is 0 Å². The third-order valence-corrected chi connectivity index (χ3v) is 2.23. The van der Waals surface area contributed by atoms with Crippen LogP contribution >= 0.6 is 0 Å². The molecule has 2 rings (SSSR count). The molecule has 1 radical (unpaired) electrons. The van der Waals surface area contributed by atoms with Crippen molar-refractivity contribution in [2.24, 2.45) is 0 Å². The number of hydrogen-bond donors (Lipinski definition) is 0. The summed E-state index contributed by atoms with van der Waals surface area (Å²) in [6, 6.07) is 18.1. The molecule has 2 aromatic carbocycles. The average Bonchev–Trinajstić information content (AvgIpc) is 2.18. The van der Waals surface area contributed by atoms with Gasteiger partial charge in [0.15, 0.2) is 0 Å². The summed E-state index contributed by atoms with van der Waals surface area (Å²) < 4.78 is 0. The highest BCUT2D eigenvalue weighted by atomic mass is 14.0. The van der Waals surface area contributed by atoms with Crippen LogP contribution in [0.15, 0.2) is 42.5 Å². The van der Waals surface area contributed by atoms with E-state index in [1.54, 1.807) is 0 Å². The third-order valence-electron chi connectivity index (χ3n) is 2.23. The maximum atomic E-state index is 3.36. The molecule has 0 nitrogen and oxygen atoms in total. The lowest BCUT2D eigenvalue weighted by Gasteiger charge is -2.03. The van der Waals surface area contributed by atoms with Gasteiger partial charge in [0.05, 0.1) is 0 Å². The van der Waals surface area contributed by atoms with Crippen molar-refractivity contribution in [2.75, 3.05) is 0 Å². The molecule has 0 spiro atoms. The molecule has 0 aromatic heterocycles. The minimum Gasteiger partial charge on any atom is -0.0622 e. The summed E-state index contributed by atoms with van der Waals surface area (Å²) >= 11 is 0. The van der Waals surface area contributed by atoms with Crippen LogP contribution in [-0.2, 0) is 0 Å². The first-order chi connectivity index (χ1) is 6.75. The van der Waals surface area contributed by atoms with Crippen LogP contribution < -0.4 is 0 Å². The van der Waals surface area contributed by atoms with Gasteiger partial charge in [-0.1, -0.05) is 48.0 Å². The molecule has 0 aliphatic heterocycles. The van der Waals surface area contributed by atoms with E-state index in [0.717, 1.165) is 0 Å². The predicted octanol–water partition coefficient (Wildman–Crippen LogP) is 3.77. The van der Waals surface area contributed by atoms with Crippen LogP contribution in [0.25, 0.3) is 11.1 Å². The van der Waals surface area contributed by atoms with Crippen molar-refractivity contribution in [3.05, 3.63) is 59.7 Å². The van der Waals surface area contributed by atoms with Crippen LogP contribution in [-0.4, -0.2) is 0 Å². The normalized spacial score (nSPS) is 10.1. The molecule has 14 heavy (non-hydrogen) atoms. The topological polar surface area (TPSA) is 0 Å². The largest absolute Gasteiger partial charge is 0.0622 e. The van der Waals surface area contributed by atoms with Crippen LogP contribution in [0.1, 0.15) is 11.1 Å². The first-order valence-electron chi connectivity index (χ1n) is 4.82. The van der Waals surface area contributed by atoms with Gasteiger partial charge in [-0.3, -0.25) is 0 Å². The fraction of sp³-hybridized carbons (Fsp3) is 0.143. The van der Waals surface area contributed by atoms with Crippen LogP contribution in [0, 0.1) is 19.9 Å². The molecule has 0 unspecified atom stereocenters. The first kappa shape index (κ1) is 9.01. The van der Waals surface area contributed by atoms with Crippen molar-refractivity contribution in [1.82, 2.24) is 0 Å². The summed E-state index contributed by atoms with van der Waals surface area (Å²) in [5.74, 6) is 0. The Labute approximate surface area is 85.2 Å². The van der Waals surface area contributed by atoms with Gasteiger partial charge in [0.2, 0.25) is 0 Å². The second-order valence-corrected chi connectivity index (χ2v) is 3.62. The first-order valence-corrected chi connectivity index (χ1v) is 4.82. The van der Waals surface area contributed by atoms with Crippen molar-refractivity contribution in [3.63, 3.8) is 0 Å². The molecule has 0 fully saturated rings. The Balaban J connectivity index is 2.52. The Morgan fingerprint density at radius 3 is 2.29 bits per heavy atom. The van der Waals surface area contributed by atoms with E-state index in [4.69, 9.17) is 0 Å². The fourth-order valence-electron chi connectivity index (χ4n) is 1.67. The maximum absolute atomic E-state index is 3.36. The van der Waals surface area contributed by atoms with Gasteiger partial charge >= 0.3 is 0 Å². The Hall–Kier alpha value is -1.56. The summed E-state index contributed by atoms with van der Waals surface area (Å²) in [5, 5.41) is 0. The van der Waals surface area contributed by atoms with Gasteiger partial charge in [0.25, 0.3) is 0 Å². The lowest BCUT2D eigenvalue weighted by atomic mass is 10.0. The zero-order chi connectivity index (χ0) is 9.97. The van der Waals surface area contributed by atoms with Crippen LogP contribution in [0.4, 0.5) is 0 Å². The summed E-state index contributed by atoms with van der Waals surface area (Å²) in [7, 11) is 0. The fourth-order valence-corrected chi connectivity index (χ4v) is 1.67. The Morgan fingerprint density at radius 1 is 0.929 bits per heavy atom. The Kier molecular flexibility index (Phi) is 2.36. The van der Waals surface area contributed by atoms with E-state index < -0.39 is 0 Å². The summed E-state index contributed by atoms with van der Waals surface area (Å²) in [6.07, 6.45) is 0. The Bertz CT molecular complexity index is 407. The number of rotatable bonds is 1. The van der Waals surface area contributed by atoms with E-state index >= 15 is 0 Å². The van der Waals surface area contributed by atoms with Crippen molar-refractivity contribution in [1.29, 1.82) is 0 Å². The van der Waals surface area contributed by atoms with E-state index in [1.165, 1.54) is 22.3 Å². The summed E-state index contributed by atoms with van der Waals surface area (Å²) in [6.45, 7) is 4.20. The molecule has 0 saturated carbocycles. The highest BCUT2D eigenvalue weighted by molar-refractivity contribution is 5.64. The molecule has 0 saturated heterocycles. The van der Waals surface area contributed by atoms with E-state index in [1.807, 2.05) is 6.07 Å². The number of hydrogen-bond acceptors (Lipinski definition) is 0. The monoisotopic (exact) mass is 181 g/mol. The summed E-state index contributed by atoms with van der Waals surface area (Å²) in [5.41, 5.74) is 4.91. The van der Waals surface area contributed by atoms with Gasteiger partial charge in [0, 0.05) is 0 Å². The Morgan fingerprint density at radius 2 is 1.64 bits per heavy atom. The van der Waals surface area contributed by atoms with Gasteiger partial charge in [-0.15, -0.1) is 0 Å². The van der Waals surface area contributed by atoms with Gasteiger partial charge in [0.1, 0.15) is 0 Å². The molecule has 0 aliphatic carbocycles. The number of benzene rings is 2. The summed E-state index contributed by atoms with van der Waals surface area (Å²) in [4.78, 5) is 0. The average molecular weight is 181 g/mol. The highest BCUT2D eigenvalue weighted by Crippen LogP contribution is 2.20. The molecular weight excluding hydrogens is 168 g/mol. The molecule has 0 N–H and O–H groups in total. The quantitative estimate of drug-likeness (QED) is 0.628. The SMILES string of the molecule is Cc1[c]c(-c2ccccc2)cc(C)c1. The maximum Gasteiger partial charge on any atom is -0.00670 e. The smallest absolute Gasteiger partial charge is 0.00670 e. The molecule has 2 aromatic rings. The predicted molar refractivity (Wildman–Crippen MR) is 60.2 cm³/mol. The zero-order valence-electron chi connectivity index (χ0n) is 8.54. The molecule has 69 valence electrons.